The fraction of sp³-hybridized carbons (Fsp3) is 0.464. The number of carbonyl (C=O) groups is 2. The van der Waals surface area contributed by atoms with Crippen molar-refractivity contribution in [2.45, 2.75) is 64.1 Å². The number of sulfonamides is 1. The second-order valence-corrected chi connectivity index (χ2v) is 13.3. The van der Waals surface area contributed by atoms with Crippen LogP contribution in [0.4, 0.5) is 0 Å². The van der Waals surface area contributed by atoms with Crippen molar-refractivity contribution in [2.24, 2.45) is 11.8 Å². The third-order valence-electron chi connectivity index (χ3n) is 6.30. The normalized spacial score (nSPS) is 14.5. The number of rotatable bonds is 13. The molecule has 39 heavy (non-hydrogen) atoms. The van der Waals surface area contributed by atoms with Crippen LogP contribution in [0.15, 0.2) is 58.9 Å². The van der Waals surface area contributed by atoms with E-state index in [0.717, 1.165) is 15.8 Å². The number of aliphatic hydroxyl groups excluding tert-OH is 1. The first-order chi connectivity index (χ1) is 18.4. The number of thiazole rings is 1. The van der Waals surface area contributed by atoms with Gasteiger partial charge in [0, 0.05) is 20.0 Å². The van der Waals surface area contributed by atoms with Crippen LogP contribution in [-0.2, 0) is 26.0 Å². The molecule has 0 spiro atoms. The number of aromatic nitrogens is 1. The van der Waals surface area contributed by atoms with E-state index in [9.17, 15) is 23.1 Å². The van der Waals surface area contributed by atoms with Gasteiger partial charge in [0.2, 0.25) is 21.8 Å². The van der Waals surface area contributed by atoms with Crippen molar-refractivity contribution in [3.05, 3.63) is 59.6 Å². The maximum absolute atomic E-state index is 13.8. The third-order valence-corrected chi connectivity index (χ3v) is 8.92. The van der Waals surface area contributed by atoms with Gasteiger partial charge >= 0.3 is 0 Å². The van der Waals surface area contributed by atoms with Gasteiger partial charge in [-0.05, 0) is 42.0 Å². The average Bonchev–Trinajstić information content (AvgIpc) is 3.34. The number of fused-ring (bicyclic) bond motifs is 1. The summed E-state index contributed by atoms with van der Waals surface area (Å²) in [7, 11) is -3.96. The molecule has 1 heterocycles. The first-order valence-electron chi connectivity index (χ1n) is 13.0. The summed E-state index contributed by atoms with van der Waals surface area (Å²) in [5, 5.41) is 17.0. The molecule has 0 saturated carbocycles. The van der Waals surface area contributed by atoms with Crippen molar-refractivity contribution >= 4 is 43.4 Å². The molecular formula is C28H38N4O5S2. The lowest BCUT2D eigenvalue weighted by Gasteiger charge is -2.32. The molecule has 0 radical (unpaired) electrons. The Morgan fingerprint density at radius 3 is 2.33 bits per heavy atom. The zero-order valence-electron chi connectivity index (χ0n) is 23.0. The summed E-state index contributed by atoms with van der Waals surface area (Å²) in [4.78, 5) is 29.3. The molecule has 3 atom stereocenters. The quantitative estimate of drug-likeness (QED) is 0.288. The van der Waals surface area contributed by atoms with Gasteiger partial charge < -0.3 is 15.7 Å². The Balaban J connectivity index is 1.90. The minimum Gasteiger partial charge on any atom is -0.390 e. The third kappa shape index (κ3) is 8.31. The summed E-state index contributed by atoms with van der Waals surface area (Å²) in [6.45, 7) is 8.77. The van der Waals surface area contributed by atoms with Gasteiger partial charge in [-0.25, -0.2) is 13.4 Å². The summed E-state index contributed by atoms with van der Waals surface area (Å²) >= 11 is 1.36. The second-order valence-electron chi connectivity index (χ2n) is 10.5. The fourth-order valence-electron chi connectivity index (χ4n) is 4.34. The van der Waals surface area contributed by atoms with Gasteiger partial charge in [0.1, 0.15) is 6.04 Å². The molecule has 212 valence electrons. The van der Waals surface area contributed by atoms with Crippen LogP contribution in [0, 0.1) is 11.8 Å². The zero-order valence-corrected chi connectivity index (χ0v) is 24.6. The Labute approximate surface area is 234 Å². The van der Waals surface area contributed by atoms with Gasteiger partial charge in [-0.15, -0.1) is 11.3 Å². The highest BCUT2D eigenvalue weighted by Crippen LogP contribution is 2.25. The lowest BCUT2D eigenvalue weighted by molar-refractivity contribution is -0.130. The summed E-state index contributed by atoms with van der Waals surface area (Å²) < 4.78 is 29.5. The predicted molar refractivity (Wildman–Crippen MR) is 154 cm³/mol. The van der Waals surface area contributed by atoms with Crippen LogP contribution in [0.5, 0.6) is 0 Å². The van der Waals surface area contributed by atoms with E-state index in [1.807, 2.05) is 58.0 Å². The molecule has 3 aromatic rings. The van der Waals surface area contributed by atoms with Crippen LogP contribution < -0.4 is 10.6 Å². The number of carbonyl (C=O) groups excluding carboxylic acids is 2. The maximum atomic E-state index is 13.8. The Morgan fingerprint density at radius 1 is 1.03 bits per heavy atom. The van der Waals surface area contributed by atoms with Crippen molar-refractivity contribution in [3.8, 4) is 0 Å². The molecule has 3 rings (SSSR count). The molecule has 0 aliphatic heterocycles. The van der Waals surface area contributed by atoms with Crippen LogP contribution in [-0.4, -0.2) is 65.9 Å². The molecule has 0 aliphatic carbocycles. The van der Waals surface area contributed by atoms with Crippen LogP contribution in [0.1, 0.15) is 40.2 Å². The summed E-state index contributed by atoms with van der Waals surface area (Å²) in [6, 6.07) is 12.6. The minimum atomic E-state index is -3.96. The molecular weight excluding hydrogens is 536 g/mol. The fourth-order valence-corrected chi connectivity index (χ4v) is 6.78. The monoisotopic (exact) mass is 574 g/mol. The van der Waals surface area contributed by atoms with E-state index >= 15 is 0 Å². The van der Waals surface area contributed by atoms with Crippen molar-refractivity contribution in [1.29, 1.82) is 0 Å². The van der Waals surface area contributed by atoms with E-state index in [1.165, 1.54) is 28.6 Å². The van der Waals surface area contributed by atoms with Gasteiger partial charge in [-0.3, -0.25) is 9.59 Å². The zero-order chi connectivity index (χ0) is 28.7. The first-order valence-corrected chi connectivity index (χ1v) is 15.3. The van der Waals surface area contributed by atoms with Gasteiger partial charge in [0.25, 0.3) is 0 Å². The molecule has 0 aliphatic rings. The molecule has 11 heteroatoms. The maximum Gasteiger partial charge on any atom is 0.243 e. The summed E-state index contributed by atoms with van der Waals surface area (Å²) in [6.07, 6.45) is -0.943. The molecule has 1 unspecified atom stereocenters. The van der Waals surface area contributed by atoms with Crippen LogP contribution in [0.25, 0.3) is 10.2 Å². The SMILES string of the molecule is CC(=O)NC(C(=O)N[C@@H](Cc1ccccc1)[C@H](O)CN(CC(C)C)S(=O)(=O)c1ccc2ncsc2c1)C(C)C. The smallest absolute Gasteiger partial charge is 0.243 e. The molecule has 1 aromatic heterocycles. The number of amides is 2. The number of nitrogens with one attached hydrogen (secondary N) is 2. The van der Waals surface area contributed by atoms with Crippen LogP contribution in [0.3, 0.4) is 0 Å². The number of hydrogen-bond donors (Lipinski definition) is 3. The van der Waals surface area contributed by atoms with Crippen molar-refractivity contribution < 1.29 is 23.1 Å². The first kappa shape index (κ1) is 30.7. The van der Waals surface area contributed by atoms with E-state index in [-0.39, 0.29) is 42.1 Å². The molecule has 3 N–H and O–H groups in total. The van der Waals surface area contributed by atoms with E-state index in [1.54, 1.807) is 17.6 Å². The van der Waals surface area contributed by atoms with Gasteiger partial charge in [-0.2, -0.15) is 4.31 Å². The van der Waals surface area contributed by atoms with Crippen molar-refractivity contribution in [1.82, 2.24) is 19.9 Å². The molecule has 0 saturated heterocycles. The molecule has 0 bridgehead atoms. The lowest BCUT2D eigenvalue weighted by Crippen LogP contribution is -2.56. The molecule has 2 amide bonds. The summed E-state index contributed by atoms with van der Waals surface area (Å²) in [5.74, 6) is -0.973. The standard InChI is InChI=1S/C28H38N4O5S2/c1-18(2)15-32(39(36,37)22-11-12-23-26(14-22)38-17-29-23)16-25(34)24(13-21-9-7-6-8-10-21)31-28(35)27(19(3)4)30-20(5)33/h6-12,14,17-19,24-25,27,34H,13,15-16H2,1-5H3,(H,30,33)(H,31,35)/t24-,25+,27?/m0/s1. The van der Waals surface area contributed by atoms with E-state index in [0.29, 0.717) is 0 Å². The number of nitrogens with zero attached hydrogens (tertiary/aromatic N) is 2. The topological polar surface area (TPSA) is 129 Å². The Kier molecular flexibility index (Phi) is 10.6. The van der Waals surface area contributed by atoms with Crippen molar-refractivity contribution in [2.75, 3.05) is 13.1 Å². The van der Waals surface area contributed by atoms with E-state index < -0.39 is 34.1 Å². The Morgan fingerprint density at radius 2 is 1.72 bits per heavy atom. The van der Waals surface area contributed by atoms with Gasteiger partial charge in [0.15, 0.2) is 0 Å². The van der Waals surface area contributed by atoms with Gasteiger partial charge in [0.05, 0.1) is 32.8 Å². The Hall–Kier alpha value is -2.86. The van der Waals surface area contributed by atoms with Crippen LogP contribution >= 0.6 is 11.3 Å². The van der Waals surface area contributed by atoms with E-state index in [2.05, 4.69) is 15.6 Å². The lowest BCUT2D eigenvalue weighted by atomic mass is 9.98. The molecule has 2 aromatic carbocycles. The highest BCUT2D eigenvalue weighted by atomic mass is 32.2. The predicted octanol–water partition coefficient (Wildman–Crippen LogP) is 3.19. The minimum absolute atomic E-state index is 0.00800. The largest absolute Gasteiger partial charge is 0.390 e. The average molecular weight is 575 g/mol. The highest BCUT2D eigenvalue weighted by molar-refractivity contribution is 7.89. The number of benzene rings is 2. The molecule has 0 fully saturated rings. The summed E-state index contributed by atoms with van der Waals surface area (Å²) in [5.41, 5.74) is 3.26. The van der Waals surface area contributed by atoms with Crippen LogP contribution in [0.2, 0.25) is 0 Å². The van der Waals surface area contributed by atoms with Gasteiger partial charge in [-0.1, -0.05) is 58.0 Å². The second kappa shape index (κ2) is 13.5. The number of aliphatic hydroxyl groups is 1. The molecule has 9 nitrogen and oxygen atoms in total. The van der Waals surface area contributed by atoms with E-state index in [4.69, 9.17) is 0 Å². The number of hydrogen-bond acceptors (Lipinski definition) is 7. The Bertz CT molecular complexity index is 1360. The highest BCUT2D eigenvalue weighted by Gasteiger charge is 2.33. The van der Waals surface area contributed by atoms with Crippen molar-refractivity contribution in [3.63, 3.8) is 0 Å².